The largest absolute Gasteiger partial charge is 0.399 e. The highest BCUT2D eigenvalue weighted by Crippen LogP contribution is 2.38. The zero-order chi connectivity index (χ0) is 12.7. The zero-order valence-electron chi connectivity index (χ0n) is 10.4. The van der Waals surface area contributed by atoms with Crippen LogP contribution >= 0.6 is 0 Å². The maximum Gasteiger partial charge on any atom is 0.221 e. The lowest BCUT2D eigenvalue weighted by molar-refractivity contribution is -0.121. The Bertz CT molecular complexity index is 486. The molecule has 2 atom stereocenters. The number of anilines is 1. The van der Waals surface area contributed by atoms with E-state index in [0.29, 0.717) is 6.04 Å². The number of carbonyl (C=O) groups excluding carboxylic acids is 1. The number of hydrogen-bond acceptors (Lipinski definition) is 3. The van der Waals surface area contributed by atoms with Gasteiger partial charge in [0.05, 0.1) is 5.92 Å². The van der Waals surface area contributed by atoms with Gasteiger partial charge in [-0.2, -0.15) is 0 Å². The van der Waals surface area contributed by atoms with E-state index in [2.05, 4.69) is 17.0 Å². The van der Waals surface area contributed by atoms with Crippen molar-refractivity contribution in [3.63, 3.8) is 0 Å². The van der Waals surface area contributed by atoms with Gasteiger partial charge in [-0.15, -0.1) is 0 Å². The smallest absolute Gasteiger partial charge is 0.221 e. The van der Waals surface area contributed by atoms with Gasteiger partial charge in [-0.05, 0) is 49.1 Å². The molecule has 0 bridgehead atoms. The molecule has 2 aliphatic rings. The van der Waals surface area contributed by atoms with E-state index in [0.717, 1.165) is 38.0 Å². The minimum Gasteiger partial charge on any atom is -0.399 e. The van der Waals surface area contributed by atoms with Crippen LogP contribution in [0.1, 0.15) is 30.0 Å². The van der Waals surface area contributed by atoms with Gasteiger partial charge < -0.3 is 11.5 Å². The second kappa shape index (κ2) is 4.28. The third kappa shape index (κ3) is 1.86. The molecule has 1 aromatic carbocycles. The minimum atomic E-state index is -0.159. The van der Waals surface area contributed by atoms with Crippen LogP contribution in [0.15, 0.2) is 18.2 Å². The maximum atomic E-state index is 11.2. The summed E-state index contributed by atoms with van der Waals surface area (Å²) >= 11 is 0. The van der Waals surface area contributed by atoms with E-state index >= 15 is 0 Å². The predicted octanol–water partition coefficient (Wildman–Crippen LogP) is 1.06. The number of primary amides is 1. The first-order valence-electron chi connectivity index (χ1n) is 6.57. The van der Waals surface area contributed by atoms with E-state index in [1.54, 1.807) is 0 Å². The molecule has 0 spiro atoms. The molecule has 4 N–H and O–H groups in total. The molecule has 2 unspecified atom stereocenters. The van der Waals surface area contributed by atoms with Crippen LogP contribution in [0, 0.1) is 5.92 Å². The average Bonchev–Trinajstić information content (AvgIpc) is 2.92. The summed E-state index contributed by atoms with van der Waals surface area (Å²) in [6.07, 6.45) is 3.11. The summed E-state index contributed by atoms with van der Waals surface area (Å²) in [5.41, 5.74) is 14.8. The summed E-state index contributed by atoms with van der Waals surface area (Å²) in [6, 6.07) is 6.64. The fraction of sp³-hybridized carbons (Fsp3) is 0.500. The fourth-order valence-electron chi connectivity index (χ4n) is 3.30. The van der Waals surface area contributed by atoms with Gasteiger partial charge in [-0.25, -0.2) is 0 Å². The number of rotatable bonds is 2. The summed E-state index contributed by atoms with van der Waals surface area (Å²) in [4.78, 5) is 13.6. The lowest BCUT2D eigenvalue weighted by Crippen LogP contribution is -2.29. The quantitative estimate of drug-likeness (QED) is 0.765. The van der Waals surface area contributed by atoms with Crippen molar-refractivity contribution in [2.24, 2.45) is 11.7 Å². The molecular weight excluding hydrogens is 226 g/mol. The number of fused-ring (bicyclic) bond motifs is 1. The number of likely N-dealkylation sites (tertiary alicyclic amines) is 1. The predicted molar refractivity (Wildman–Crippen MR) is 70.8 cm³/mol. The molecule has 1 aromatic rings. The molecule has 96 valence electrons. The summed E-state index contributed by atoms with van der Waals surface area (Å²) < 4.78 is 0. The molecule has 0 aromatic heterocycles. The molecule has 4 heteroatoms. The van der Waals surface area contributed by atoms with Crippen LogP contribution in [0.4, 0.5) is 5.69 Å². The van der Waals surface area contributed by atoms with Crippen LogP contribution in [0.5, 0.6) is 0 Å². The number of carbonyl (C=O) groups is 1. The van der Waals surface area contributed by atoms with Gasteiger partial charge in [0.15, 0.2) is 0 Å². The van der Waals surface area contributed by atoms with Crippen molar-refractivity contribution in [3.05, 3.63) is 29.3 Å². The summed E-state index contributed by atoms with van der Waals surface area (Å²) in [5.74, 6) is -0.129. The molecule has 1 amide bonds. The van der Waals surface area contributed by atoms with Crippen LogP contribution < -0.4 is 11.5 Å². The highest BCUT2D eigenvalue weighted by molar-refractivity contribution is 5.77. The standard InChI is InChI=1S/C14H19N3O/c15-11-2-3-12-9(7-11)1-4-13(12)17-6-5-10(8-17)14(16)18/h2-3,7,10,13H,1,4-6,8,15H2,(H2,16,18). The lowest BCUT2D eigenvalue weighted by Gasteiger charge is -2.24. The Morgan fingerprint density at radius 2 is 2.17 bits per heavy atom. The molecular formula is C14H19N3O. The van der Waals surface area contributed by atoms with Crippen molar-refractivity contribution in [1.29, 1.82) is 0 Å². The Hall–Kier alpha value is -1.55. The number of amides is 1. The second-order valence-corrected chi connectivity index (χ2v) is 5.40. The maximum absolute atomic E-state index is 11.2. The van der Waals surface area contributed by atoms with Crippen molar-refractivity contribution in [2.75, 3.05) is 18.8 Å². The zero-order valence-corrected chi connectivity index (χ0v) is 10.4. The van der Waals surface area contributed by atoms with Gasteiger partial charge in [-0.3, -0.25) is 9.69 Å². The highest BCUT2D eigenvalue weighted by Gasteiger charge is 2.34. The average molecular weight is 245 g/mol. The Morgan fingerprint density at radius 3 is 2.89 bits per heavy atom. The van der Waals surface area contributed by atoms with Crippen molar-refractivity contribution in [1.82, 2.24) is 4.90 Å². The van der Waals surface area contributed by atoms with Crippen LogP contribution in [-0.4, -0.2) is 23.9 Å². The monoisotopic (exact) mass is 245 g/mol. The van der Waals surface area contributed by atoms with E-state index in [9.17, 15) is 4.79 Å². The first-order valence-corrected chi connectivity index (χ1v) is 6.57. The summed E-state index contributed by atoms with van der Waals surface area (Å²) in [5, 5.41) is 0. The molecule has 4 nitrogen and oxygen atoms in total. The van der Waals surface area contributed by atoms with E-state index in [4.69, 9.17) is 11.5 Å². The molecule has 1 heterocycles. The molecule has 1 aliphatic heterocycles. The molecule has 1 aliphatic carbocycles. The van der Waals surface area contributed by atoms with Gasteiger partial charge in [0, 0.05) is 18.3 Å². The van der Waals surface area contributed by atoms with Gasteiger partial charge in [0.1, 0.15) is 0 Å². The number of nitrogens with zero attached hydrogens (tertiary/aromatic N) is 1. The number of nitrogens with two attached hydrogens (primary N) is 2. The highest BCUT2D eigenvalue weighted by atomic mass is 16.1. The Balaban J connectivity index is 1.79. The topological polar surface area (TPSA) is 72.4 Å². The van der Waals surface area contributed by atoms with Crippen molar-refractivity contribution < 1.29 is 4.79 Å². The van der Waals surface area contributed by atoms with Gasteiger partial charge in [-0.1, -0.05) is 6.07 Å². The van der Waals surface area contributed by atoms with Crippen molar-refractivity contribution in [2.45, 2.75) is 25.3 Å². The Labute approximate surface area is 107 Å². The van der Waals surface area contributed by atoms with E-state index in [1.165, 1.54) is 11.1 Å². The third-order valence-corrected chi connectivity index (χ3v) is 4.28. The van der Waals surface area contributed by atoms with E-state index in [-0.39, 0.29) is 11.8 Å². The summed E-state index contributed by atoms with van der Waals surface area (Å²) in [6.45, 7) is 1.78. The third-order valence-electron chi connectivity index (χ3n) is 4.28. The van der Waals surface area contributed by atoms with Gasteiger partial charge >= 0.3 is 0 Å². The normalized spacial score (nSPS) is 27.3. The number of aryl methyl sites for hydroxylation is 1. The molecule has 18 heavy (non-hydrogen) atoms. The van der Waals surface area contributed by atoms with E-state index in [1.807, 2.05) is 6.07 Å². The first kappa shape index (κ1) is 11.5. The lowest BCUT2D eigenvalue weighted by atomic mass is 10.1. The Morgan fingerprint density at radius 1 is 1.33 bits per heavy atom. The van der Waals surface area contributed by atoms with Crippen LogP contribution in [-0.2, 0) is 11.2 Å². The van der Waals surface area contributed by atoms with Crippen LogP contribution in [0.2, 0.25) is 0 Å². The van der Waals surface area contributed by atoms with Crippen LogP contribution in [0.3, 0.4) is 0 Å². The molecule has 0 radical (unpaired) electrons. The van der Waals surface area contributed by atoms with E-state index < -0.39 is 0 Å². The minimum absolute atomic E-state index is 0.0304. The molecule has 1 saturated heterocycles. The van der Waals surface area contributed by atoms with Crippen LogP contribution in [0.25, 0.3) is 0 Å². The number of hydrogen-bond donors (Lipinski definition) is 2. The Kier molecular flexibility index (Phi) is 2.74. The fourth-order valence-corrected chi connectivity index (χ4v) is 3.30. The van der Waals surface area contributed by atoms with Gasteiger partial charge in [0.25, 0.3) is 0 Å². The van der Waals surface area contributed by atoms with Crippen molar-refractivity contribution >= 4 is 11.6 Å². The van der Waals surface area contributed by atoms with Gasteiger partial charge in [0.2, 0.25) is 5.91 Å². The van der Waals surface area contributed by atoms with Crippen molar-refractivity contribution in [3.8, 4) is 0 Å². The molecule has 1 fully saturated rings. The summed E-state index contributed by atoms with van der Waals surface area (Å²) in [7, 11) is 0. The SMILES string of the molecule is NC(=O)C1CCN(C2CCc3cc(N)ccc32)C1. The molecule has 3 rings (SSSR count). The number of nitrogen functional groups attached to an aromatic ring is 1. The molecule has 0 saturated carbocycles. The second-order valence-electron chi connectivity index (χ2n) is 5.40. The number of benzene rings is 1. The first-order chi connectivity index (χ1) is 8.65.